The van der Waals surface area contributed by atoms with Gasteiger partial charge in [0.05, 0.1) is 5.92 Å². The van der Waals surface area contributed by atoms with Gasteiger partial charge in [-0.25, -0.2) is 0 Å². The lowest BCUT2D eigenvalue weighted by atomic mass is 9.98. The van der Waals surface area contributed by atoms with Crippen molar-refractivity contribution in [3.05, 3.63) is 18.0 Å². The van der Waals surface area contributed by atoms with Gasteiger partial charge in [0.15, 0.2) is 0 Å². The molecule has 0 spiro atoms. The average molecular weight is 250 g/mol. The minimum absolute atomic E-state index is 0.0252. The van der Waals surface area contributed by atoms with Crippen molar-refractivity contribution in [1.29, 1.82) is 0 Å². The van der Waals surface area contributed by atoms with E-state index in [-0.39, 0.29) is 17.7 Å². The van der Waals surface area contributed by atoms with Crippen LogP contribution in [0.25, 0.3) is 0 Å². The predicted molar refractivity (Wildman–Crippen MR) is 65.7 cm³/mol. The molecule has 0 aliphatic carbocycles. The van der Waals surface area contributed by atoms with E-state index in [9.17, 15) is 9.59 Å². The zero-order chi connectivity index (χ0) is 13.0. The van der Waals surface area contributed by atoms with E-state index in [1.54, 1.807) is 10.9 Å². The first-order valence-electron chi connectivity index (χ1n) is 6.18. The Kier molecular flexibility index (Phi) is 3.96. The summed E-state index contributed by atoms with van der Waals surface area (Å²) in [5, 5.41) is 9.68. The predicted octanol–water partition coefficient (Wildman–Crippen LogP) is -0.395. The van der Waals surface area contributed by atoms with Crippen molar-refractivity contribution in [1.82, 2.24) is 20.4 Å². The second kappa shape index (κ2) is 5.66. The largest absolute Gasteiger partial charge is 0.355 e. The van der Waals surface area contributed by atoms with Crippen LogP contribution in [0, 0.1) is 5.92 Å². The van der Waals surface area contributed by atoms with E-state index in [4.69, 9.17) is 0 Å². The third kappa shape index (κ3) is 3.09. The first-order chi connectivity index (χ1) is 8.66. The maximum absolute atomic E-state index is 11.8. The molecule has 2 heterocycles. The first-order valence-corrected chi connectivity index (χ1v) is 6.18. The minimum atomic E-state index is -0.0887. The van der Waals surface area contributed by atoms with Gasteiger partial charge in [-0.15, -0.1) is 0 Å². The fourth-order valence-electron chi connectivity index (χ4n) is 2.06. The van der Waals surface area contributed by atoms with Crippen molar-refractivity contribution in [3.63, 3.8) is 0 Å². The summed E-state index contributed by atoms with van der Waals surface area (Å²) in [4.78, 5) is 22.8. The third-order valence-electron chi connectivity index (χ3n) is 3.24. The van der Waals surface area contributed by atoms with Crippen molar-refractivity contribution in [2.24, 2.45) is 13.0 Å². The molecule has 1 fully saturated rings. The van der Waals surface area contributed by atoms with Crippen molar-refractivity contribution >= 4 is 11.8 Å². The van der Waals surface area contributed by atoms with E-state index in [0.29, 0.717) is 25.9 Å². The van der Waals surface area contributed by atoms with E-state index in [2.05, 4.69) is 15.7 Å². The average Bonchev–Trinajstić information content (AvgIpc) is 2.76. The van der Waals surface area contributed by atoms with Crippen LogP contribution in [-0.2, 0) is 23.1 Å². The molecule has 1 aromatic heterocycles. The molecule has 0 saturated carbocycles. The van der Waals surface area contributed by atoms with Crippen molar-refractivity contribution in [3.8, 4) is 0 Å². The van der Waals surface area contributed by atoms with Gasteiger partial charge in [0.2, 0.25) is 11.8 Å². The molecular formula is C12H18N4O2. The second-order valence-electron chi connectivity index (χ2n) is 4.53. The fraction of sp³-hybridized carbons (Fsp3) is 0.583. The van der Waals surface area contributed by atoms with E-state index < -0.39 is 0 Å². The van der Waals surface area contributed by atoms with Crippen LogP contribution in [0.4, 0.5) is 0 Å². The van der Waals surface area contributed by atoms with Crippen LogP contribution in [0.15, 0.2) is 12.3 Å². The van der Waals surface area contributed by atoms with Crippen molar-refractivity contribution < 1.29 is 9.59 Å². The number of aromatic nitrogens is 2. The highest BCUT2D eigenvalue weighted by Crippen LogP contribution is 2.10. The van der Waals surface area contributed by atoms with Gasteiger partial charge in [0.25, 0.3) is 0 Å². The van der Waals surface area contributed by atoms with E-state index in [1.807, 2.05) is 13.1 Å². The Labute approximate surface area is 106 Å². The topological polar surface area (TPSA) is 76.0 Å². The Morgan fingerprint density at radius 2 is 2.50 bits per heavy atom. The molecule has 18 heavy (non-hydrogen) atoms. The Bertz CT molecular complexity index is 431. The normalized spacial score (nSPS) is 19.4. The molecule has 1 unspecified atom stereocenters. The van der Waals surface area contributed by atoms with Crippen LogP contribution < -0.4 is 10.6 Å². The van der Waals surface area contributed by atoms with Gasteiger partial charge in [0, 0.05) is 44.9 Å². The van der Waals surface area contributed by atoms with Crippen LogP contribution in [0.5, 0.6) is 0 Å². The van der Waals surface area contributed by atoms with Gasteiger partial charge in [-0.05, 0) is 12.5 Å². The monoisotopic (exact) mass is 250 g/mol. The summed E-state index contributed by atoms with van der Waals surface area (Å²) >= 11 is 0. The quantitative estimate of drug-likeness (QED) is 0.764. The van der Waals surface area contributed by atoms with Gasteiger partial charge < -0.3 is 10.6 Å². The number of piperidine rings is 1. The molecule has 1 atom stereocenters. The number of carbonyl (C=O) groups is 2. The van der Waals surface area contributed by atoms with Gasteiger partial charge in [-0.3, -0.25) is 14.3 Å². The molecule has 1 aliphatic heterocycles. The smallest absolute Gasteiger partial charge is 0.224 e. The van der Waals surface area contributed by atoms with Crippen LogP contribution in [0.1, 0.15) is 18.5 Å². The molecule has 6 nitrogen and oxygen atoms in total. The maximum Gasteiger partial charge on any atom is 0.224 e. The molecule has 2 amide bonds. The number of nitrogens with zero attached hydrogens (tertiary/aromatic N) is 2. The summed E-state index contributed by atoms with van der Waals surface area (Å²) in [7, 11) is 1.88. The maximum atomic E-state index is 11.8. The number of nitrogens with one attached hydrogen (secondary N) is 2. The Morgan fingerprint density at radius 1 is 1.67 bits per heavy atom. The number of amides is 2. The summed E-state index contributed by atoms with van der Waals surface area (Å²) in [6.07, 6.45) is 3.60. The van der Waals surface area contributed by atoms with Crippen molar-refractivity contribution in [2.75, 3.05) is 13.1 Å². The molecule has 1 aliphatic rings. The van der Waals surface area contributed by atoms with Crippen LogP contribution in [0.2, 0.25) is 0 Å². The molecule has 2 N–H and O–H groups in total. The van der Waals surface area contributed by atoms with Crippen LogP contribution >= 0.6 is 0 Å². The van der Waals surface area contributed by atoms with E-state index >= 15 is 0 Å². The fourth-order valence-corrected chi connectivity index (χ4v) is 2.06. The zero-order valence-electron chi connectivity index (χ0n) is 10.5. The van der Waals surface area contributed by atoms with E-state index in [0.717, 1.165) is 12.1 Å². The molecular weight excluding hydrogens is 232 g/mol. The van der Waals surface area contributed by atoms with Gasteiger partial charge in [-0.2, -0.15) is 5.10 Å². The molecule has 2 rings (SSSR count). The molecule has 6 heteroatoms. The van der Waals surface area contributed by atoms with Gasteiger partial charge in [0.1, 0.15) is 0 Å². The highest BCUT2D eigenvalue weighted by Gasteiger charge is 2.23. The summed E-state index contributed by atoms with van der Waals surface area (Å²) in [5.74, 6) is -0.0275. The highest BCUT2D eigenvalue weighted by molar-refractivity contribution is 5.83. The van der Waals surface area contributed by atoms with Gasteiger partial charge in [-0.1, -0.05) is 0 Å². The van der Waals surface area contributed by atoms with Crippen molar-refractivity contribution in [2.45, 2.75) is 19.3 Å². The second-order valence-corrected chi connectivity index (χ2v) is 4.53. The Hall–Kier alpha value is -1.85. The zero-order valence-corrected chi connectivity index (χ0v) is 10.5. The lowest BCUT2D eigenvalue weighted by Gasteiger charge is -2.21. The molecule has 1 aromatic rings. The summed E-state index contributed by atoms with van der Waals surface area (Å²) in [6, 6.07) is 1.94. The van der Waals surface area contributed by atoms with Crippen LogP contribution in [0.3, 0.4) is 0 Å². The lowest BCUT2D eigenvalue weighted by molar-refractivity contribution is -0.128. The number of aryl methyl sites for hydroxylation is 1. The van der Waals surface area contributed by atoms with E-state index in [1.165, 1.54) is 0 Å². The minimum Gasteiger partial charge on any atom is -0.355 e. The number of rotatable bonds is 4. The summed E-state index contributed by atoms with van der Waals surface area (Å²) in [5.41, 5.74) is 1.09. The lowest BCUT2D eigenvalue weighted by Crippen LogP contribution is -2.43. The molecule has 98 valence electrons. The Balaban J connectivity index is 1.72. The summed E-state index contributed by atoms with van der Waals surface area (Å²) < 4.78 is 1.80. The summed E-state index contributed by atoms with van der Waals surface area (Å²) in [6.45, 7) is 1.05. The number of hydrogen-bond donors (Lipinski definition) is 2. The SMILES string of the molecule is Cn1nccc1CCNC(=O)C1CCC(=O)NC1. The third-order valence-corrected chi connectivity index (χ3v) is 3.24. The molecule has 0 aromatic carbocycles. The molecule has 1 saturated heterocycles. The Morgan fingerprint density at radius 3 is 3.11 bits per heavy atom. The first kappa shape index (κ1) is 12.6. The van der Waals surface area contributed by atoms with Crippen LogP contribution in [-0.4, -0.2) is 34.7 Å². The molecule has 0 bridgehead atoms. The standard InChI is InChI=1S/C12H18N4O2/c1-16-10(5-7-15-16)4-6-13-12(18)9-2-3-11(17)14-8-9/h5,7,9H,2-4,6,8H2,1H3,(H,13,18)(H,14,17). The number of carbonyl (C=O) groups excluding carboxylic acids is 2. The highest BCUT2D eigenvalue weighted by atomic mass is 16.2. The molecule has 0 radical (unpaired) electrons. The van der Waals surface area contributed by atoms with Gasteiger partial charge >= 0.3 is 0 Å². The number of hydrogen-bond acceptors (Lipinski definition) is 3.